The number of nitrogens with two attached hydrogens (primary N) is 1. The lowest BCUT2D eigenvalue weighted by molar-refractivity contribution is 0.257. The van der Waals surface area contributed by atoms with Crippen molar-refractivity contribution in [2.24, 2.45) is 16.8 Å². The zero-order valence-electron chi connectivity index (χ0n) is 10.8. The molecule has 0 aliphatic heterocycles. The Balaban J connectivity index is 2.66. The molecule has 0 spiro atoms. The molecule has 0 saturated heterocycles. The van der Waals surface area contributed by atoms with Gasteiger partial charge >= 0.3 is 0 Å². The van der Waals surface area contributed by atoms with Crippen LogP contribution in [-0.2, 0) is 6.54 Å². The average Bonchev–Trinajstić information content (AvgIpc) is 2.39. The minimum absolute atomic E-state index is 0.0393. The fourth-order valence-electron chi connectivity index (χ4n) is 1.75. The number of hydrogen-bond donors (Lipinski definition) is 2. The number of amidine groups is 1. The van der Waals surface area contributed by atoms with Crippen LogP contribution in [0.15, 0.2) is 33.9 Å². The molecule has 1 unspecified atom stereocenters. The minimum atomic E-state index is 0.0393. The highest BCUT2D eigenvalue weighted by Gasteiger charge is 2.13. The highest BCUT2D eigenvalue weighted by Crippen LogP contribution is 2.18. The minimum Gasteiger partial charge on any atom is -0.409 e. The smallest absolute Gasteiger partial charge is 0.143 e. The Kier molecular flexibility index (Phi) is 6.15. The lowest BCUT2D eigenvalue weighted by Gasteiger charge is -2.24. The van der Waals surface area contributed by atoms with Gasteiger partial charge in [0.25, 0.3) is 0 Å². The van der Waals surface area contributed by atoms with Crippen LogP contribution in [0, 0.1) is 5.92 Å². The molecule has 1 atom stereocenters. The van der Waals surface area contributed by atoms with E-state index in [1.807, 2.05) is 25.1 Å². The van der Waals surface area contributed by atoms with Crippen molar-refractivity contribution in [1.29, 1.82) is 0 Å². The van der Waals surface area contributed by atoms with Crippen molar-refractivity contribution in [2.45, 2.75) is 20.4 Å². The Labute approximate surface area is 117 Å². The van der Waals surface area contributed by atoms with Crippen molar-refractivity contribution < 1.29 is 5.21 Å². The molecule has 0 aliphatic carbocycles. The number of rotatable bonds is 6. The molecule has 0 radical (unpaired) electrons. The van der Waals surface area contributed by atoms with Crippen molar-refractivity contribution in [2.75, 3.05) is 13.1 Å². The number of oxime groups is 1. The van der Waals surface area contributed by atoms with Gasteiger partial charge in [-0.3, -0.25) is 4.90 Å². The van der Waals surface area contributed by atoms with E-state index in [2.05, 4.69) is 39.0 Å². The topological polar surface area (TPSA) is 61.8 Å². The highest BCUT2D eigenvalue weighted by molar-refractivity contribution is 9.10. The van der Waals surface area contributed by atoms with Crippen LogP contribution in [0.25, 0.3) is 0 Å². The molecule has 4 nitrogen and oxygen atoms in total. The van der Waals surface area contributed by atoms with Crippen molar-refractivity contribution >= 4 is 21.8 Å². The largest absolute Gasteiger partial charge is 0.409 e. The fourth-order valence-corrected chi connectivity index (χ4v) is 2.16. The van der Waals surface area contributed by atoms with Gasteiger partial charge in [-0.25, -0.2) is 0 Å². The third-order valence-electron chi connectivity index (χ3n) is 2.95. The third-order valence-corrected chi connectivity index (χ3v) is 3.73. The average molecular weight is 314 g/mol. The van der Waals surface area contributed by atoms with Crippen molar-refractivity contribution in [3.8, 4) is 0 Å². The molecular weight excluding hydrogens is 294 g/mol. The predicted octanol–water partition coefficient (Wildman–Crippen LogP) is 2.65. The summed E-state index contributed by atoms with van der Waals surface area (Å²) in [5.41, 5.74) is 6.85. The third kappa shape index (κ3) is 4.31. The lowest BCUT2D eigenvalue weighted by Crippen LogP contribution is -2.34. The molecule has 1 aromatic carbocycles. The van der Waals surface area contributed by atoms with Crippen molar-refractivity contribution in [1.82, 2.24) is 4.90 Å². The molecule has 3 N–H and O–H groups in total. The second kappa shape index (κ2) is 7.38. The molecular formula is C13H20BrN3O. The van der Waals surface area contributed by atoms with E-state index in [-0.39, 0.29) is 11.8 Å². The van der Waals surface area contributed by atoms with E-state index >= 15 is 0 Å². The molecule has 0 saturated carbocycles. The molecule has 5 heteroatoms. The normalized spacial score (nSPS) is 13.9. The standard InChI is InChI=1S/C13H20BrN3O/c1-3-17(8-10(2)13(15)16-18)9-11-6-4-5-7-12(11)14/h4-7,10,18H,3,8-9H2,1-2H3,(H2,15,16). The number of halogens is 1. The molecule has 0 fully saturated rings. The number of hydrogen-bond acceptors (Lipinski definition) is 3. The number of benzene rings is 1. The van der Waals surface area contributed by atoms with E-state index in [1.54, 1.807) is 0 Å². The van der Waals surface area contributed by atoms with Gasteiger partial charge in [0.15, 0.2) is 0 Å². The maximum Gasteiger partial charge on any atom is 0.143 e. The molecule has 0 aliphatic rings. The van der Waals surface area contributed by atoms with E-state index in [0.29, 0.717) is 0 Å². The molecule has 1 rings (SSSR count). The second-order valence-corrected chi connectivity index (χ2v) is 5.20. The Bertz CT molecular complexity index is 409. The summed E-state index contributed by atoms with van der Waals surface area (Å²) in [4.78, 5) is 2.27. The van der Waals surface area contributed by atoms with E-state index in [9.17, 15) is 0 Å². The molecule has 0 bridgehead atoms. The Morgan fingerprint density at radius 2 is 2.17 bits per heavy atom. The summed E-state index contributed by atoms with van der Waals surface area (Å²) in [6.45, 7) is 6.60. The molecule has 100 valence electrons. The number of nitrogens with zero attached hydrogens (tertiary/aromatic N) is 2. The van der Waals surface area contributed by atoms with Gasteiger partial charge in [-0.15, -0.1) is 0 Å². The van der Waals surface area contributed by atoms with Crippen molar-refractivity contribution in [3.63, 3.8) is 0 Å². The van der Waals surface area contributed by atoms with Gasteiger partial charge in [0, 0.05) is 23.5 Å². The van der Waals surface area contributed by atoms with Gasteiger partial charge in [-0.05, 0) is 18.2 Å². The predicted molar refractivity (Wildman–Crippen MR) is 77.7 cm³/mol. The first-order chi connectivity index (χ1) is 8.58. The lowest BCUT2D eigenvalue weighted by atomic mass is 10.1. The van der Waals surface area contributed by atoms with Gasteiger partial charge in [-0.2, -0.15) is 0 Å². The van der Waals surface area contributed by atoms with Crippen LogP contribution >= 0.6 is 15.9 Å². The summed E-state index contributed by atoms with van der Waals surface area (Å²) in [5, 5.41) is 11.7. The zero-order valence-corrected chi connectivity index (χ0v) is 12.4. The van der Waals surface area contributed by atoms with E-state index in [1.165, 1.54) is 5.56 Å². The van der Waals surface area contributed by atoms with Gasteiger partial charge < -0.3 is 10.9 Å². The molecule has 0 heterocycles. The van der Waals surface area contributed by atoms with Crippen LogP contribution in [0.2, 0.25) is 0 Å². The summed E-state index contributed by atoms with van der Waals surface area (Å²) in [6.07, 6.45) is 0. The summed E-state index contributed by atoms with van der Waals surface area (Å²) in [6, 6.07) is 8.17. The summed E-state index contributed by atoms with van der Waals surface area (Å²) < 4.78 is 1.11. The first kappa shape index (κ1) is 15.0. The van der Waals surface area contributed by atoms with Gasteiger partial charge in [-0.1, -0.05) is 53.1 Å². The zero-order chi connectivity index (χ0) is 13.5. The maximum absolute atomic E-state index is 8.66. The van der Waals surface area contributed by atoms with Crippen LogP contribution in [0.3, 0.4) is 0 Å². The summed E-state index contributed by atoms with van der Waals surface area (Å²) in [7, 11) is 0. The van der Waals surface area contributed by atoms with Crippen LogP contribution in [0.5, 0.6) is 0 Å². The molecule has 18 heavy (non-hydrogen) atoms. The summed E-state index contributed by atoms with van der Waals surface area (Å²) in [5.74, 6) is 0.318. The monoisotopic (exact) mass is 313 g/mol. The van der Waals surface area contributed by atoms with Gasteiger partial charge in [0.1, 0.15) is 5.84 Å². The van der Waals surface area contributed by atoms with Crippen molar-refractivity contribution in [3.05, 3.63) is 34.3 Å². The van der Waals surface area contributed by atoms with Crippen LogP contribution in [-0.4, -0.2) is 29.0 Å². The van der Waals surface area contributed by atoms with E-state index in [4.69, 9.17) is 10.9 Å². The summed E-state index contributed by atoms with van der Waals surface area (Å²) >= 11 is 3.55. The first-order valence-corrected chi connectivity index (χ1v) is 6.81. The first-order valence-electron chi connectivity index (χ1n) is 6.01. The Morgan fingerprint density at radius 1 is 1.50 bits per heavy atom. The quantitative estimate of drug-likeness (QED) is 0.367. The van der Waals surface area contributed by atoms with Crippen LogP contribution < -0.4 is 5.73 Å². The molecule has 1 aromatic rings. The van der Waals surface area contributed by atoms with Crippen LogP contribution in [0.4, 0.5) is 0 Å². The Hall–Kier alpha value is -1.07. The van der Waals surface area contributed by atoms with Gasteiger partial charge in [0.05, 0.1) is 0 Å². The van der Waals surface area contributed by atoms with E-state index < -0.39 is 0 Å². The fraction of sp³-hybridized carbons (Fsp3) is 0.462. The SMILES string of the molecule is CCN(Cc1ccccc1Br)CC(C)/C(N)=N/O. The highest BCUT2D eigenvalue weighted by atomic mass is 79.9. The maximum atomic E-state index is 8.66. The second-order valence-electron chi connectivity index (χ2n) is 4.35. The van der Waals surface area contributed by atoms with E-state index in [0.717, 1.165) is 24.1 Å². The molecule has 0 amide bonds. The van der Waals surface area contributed by atoms with Gasteiger partial charge in [0.2, 0.25) is 0 Å². The molecule has 0 aromatic heterocycles. The Morgan fingerprint density at radius 3 is 2.72 bits per heavy atom. The van der Waals surface area contributed by atoms with Crippen LogP contribution in [0.1, 0.15) is 19.4 Å².